The number of rotatable bonds is 9. The molecule has 1 saturated carbocycles. The molecule has 1 aliphatic rings. The molecule has 1 atom stereocenters. The Bertz CT molecular complexity index is 349. The fourth-order valence-corrected chi connectivity index (χ4v) is 2.64. The Kier molecular flexibility index (Phi) is 7.04. The van der Waals surface area contributed by atoms with E-state index in [0.29, 0.717) is 12.3 Å². The molecule has 114 valence electrons. The summed E-state index contributed by atoms with van der Waals surface area (Å²) in [5, 5.41) is 21.6. The van der Waals surface area contributed by atoms with Gasteiger partial charge in [-0.3, -0.25) is 4.79 Å². The van der Waals surface area contributed by atoms with Crippen molar-refractivity contribution in [2.75, 3.05) is 0 Å². The van der Waals surface area contributed by atoms with Crippen molar-refractivity contribution < 1.29 is 24.6 Å². The van der Waals surface area contributed by atoms with Gasteiger partial charge in [-0.25, -0.2) is 4.79 Å². The van der Waals surface area contributed by atoms with Crippen molar-refractivity contribution in [2.24, 2.45) is 5.92 Å². The van der Waals surface area contributed by atoms with Crippen LogP contribution in [-0.4, -0.2) is 29.0 Å². The summed E-state index contributed by atoms with van der Waals surface area (Å²) in [6.07, 6.45) is 6.52. The Balaban J connectivity index is 2.22. The van der Waals surface area contributed by atoms with Crippen molar-refractivity contribution in [2.45, 2.75) is 63.8 Å². The van der Waals surface area contributed by atoms with Gasteiger partial charge in [0.1, 0.15) is 6.04 Å². The maximum absolute atomic E-state index is 11.6. The van der Waals surface area contributed by atoms with E-state index in [1.54, 1.807) is 0 Å². The lowest BCUT2D eigenvalue weighted by molar-refractivity contribution is -0.305. The summed E-state index contributed by atoms with van der Waals surface area (Å²) in [4.78, 5) is 32.9. The van der Waals surface area contributed by atoms with Gasteiger partial charge in [0.25, 0.3) is 0 Å². The van der Waals surface area contributed by atoms with Crippen LogP contribution in [0.5, 0.6) is 0 Å². The first-order valence-electron chi connectivity index (χ1n) is 7.21. The molecule has 0 unspecified atom stereocenters. The highest BCUT2D eigenvalue weighted by atomic mass is 16.4. The lowest BCUT2D eigenvalue weighted by Gasteiger charge is -2.15. The highest BCUT2D eigenvalue weighted by Gasteiger charge is 2.20. The summed E-state index contributed by atoms with van der Waals surface area (Å²) in [5.74, 6) is -2.15. The molecule has 1 amide bonds. The Hall–Kier alpha value is -1.59. The van der Waals surface area contributed by atoms with E-state index in [4.69, 9.17) is 5.11 Å². The Morgan fingerprint density at radius 3 is 2.40 bits per heavy atom. The highest BCUT2D eigenvalue weighted by Crippen LogP contribution is 2.28. The van der Waals surface area contributed by atoms with E-state index >= 15 is 0 Å². The molecule has 0 aromatic rings. The molecule has 20 heavy (non-hydrogen) atoms. The quantitative estimate of drug-likeness (QED) is 0.639. The van der Waals surface area contributed by atoms with Gasteiger partial charge in [0.05, 0.1) is 0 Å². The molecule has 0 spiro atoms. The molecule has 0 aromatic carbocycles. The van der Waals surface area contributed by atoms with Crippen LogP contribution in [0.2, 0.25) is 0 Å². The number of nitrogens with one attached hydrogen (secondary N) is 1. The molecule has 2 N–H and O–H groups in total. The fourth-order valence-electron chi connectivity index (χ4n) is 2.64. The van der Waals surface area contributed by atoms with Gasteiger partial charge in [0.2, 0.25) is 5.91 Å². The molecule has 0 aliphatic heterocycles. The van der Waals surface area contributed by atoms with Crippen LogP contribution < -0.4 is 10.4 Å². The maximum Gasteiger partial charge on any atom is 0.326 e. The van der Waals surface area contributed by atoms with E-state index in [1.807, 2.05) is 0 Å². The number of amides is 1. The minimum absolute atomic E-state index is 0.147. The zero-order valence-electron chi connectivity index (χ0n) is 11.6. The summed E-state index contributed by atoms with van der Waals surface area (Å²) in [7, 11) is 0. The van der Waals surface area contributed by atoms with Crippen molar-refractivity contribution in [3.05, 3.63) is 0 Å². The molecule has 1 rings (SSSR count). The Labute approximate surface area is 118 Å². The van der Waals surface area contributed by atoms with Gasteiger partial charge in [-0.1, -0.05) is 25.7 Å². The van der Waals surface area contributed by atoms with Gasteiger partial charge in [0.15, 0.2) is 0 Å². The summed E-state index contributed by atoms with van der Waals surface area (Å²) >= 11 is 0. The van der Waals surface area contributed by atoms with E-state index in [0.717, 1.165) is 12.8 Å². The molecule has 0 radical (unpaired) electrons. The number of carboxylic acids is 2. The van der Waals surface area contributed by atoms with Crippen molar-refractivity contribution >= 4 is 17.8 Å². The van der Waals surface area contributed by atoms with E-state index in [9.17, 15) is 19.5 Å². The van der Waals surface area contributed by atoms with Crippen LogP contribution in [0.1, 0.15) is 57.8 Å². The summed E-state index contributed by atoms with van der Waals surface area (Å²) < 4.78 is 0. The first-order chi connectivity index (χ1) is 9.49. The van der Waals surface area contributed by atoms with Crippen LogP contribution in [-0.2, 0) is 14.4 Å². The predicted molar refractivity (Wildman–Crippen MR) is 69.6 cm³/mol. The first-order valence-corrected chi connectivity index (χ1v) is 7.21. The zero-order chi connectivity index (χ0) is 15.0. The summed E-state index contributed by atoms with van der Waals surface area (Å²) in [6, 6.07) is -1.15. The largest absolute Gasteiger partial charge is 0.550 e. The first kappa shape index (κ1) is 16.5. The van der Waals surface area contributed by atoms with E-state index in [1.165, 1.54) is 25.7 Å². The number of carbonyl (C=O) groups excluding carboxylic acids is 2. The van der Waals surface area contributed by atoms with Crippen LogP contribution in [0.4, 0.5) is 0 Å². The second-order valence-electron chi connectivity index (χ2n) is 5.41. The number of hydrogen-bond acceptors (Lipinski definition) is 4. The van der Waals surface area contributed by atoms with Crippen LogP contribution in [0.3, 0.4) is 0 Å². The Morgan fingerprint density at radius 1 is 1.20 bits per heavy atom. The predicted octanol–water partition coefficient (Wildman–Crippen LogP) is 0.446. The second-order valence-corrected chi connectivity index (χ2v) is 5.41. The van der Waals surface area contributed by atoms with Gasteiger partial charge in [-0.05, 0) is 31.6 Å². The third kappa shape index (κ3) is 6.54. The molecule has 1 fully saturated rings. The van der Waals surface area contributed by atoms with Crippen molar-refractivity contribution in [3.8, 4) is 0 Å². The van der Waals surface area contributed by atoms with Gasteiger partial charge in [-0.15, -0.1) is 0 Å². The second kappa shape index (κ2) is 8.55. The normalized spacial score (nSPS) is 16.8. The number of hydrogen-bond donors (Lipinski definition) is 2. The van der Waals surface area contributed by atoms with Gasteiger partial charge < -0.3 is 20.3 Å². The lowest BCUT2D eigenvalue weighted by Crippen LogP contribution is -2.41. The molecule has 0 heterocycles. The number of aliphatic carboxylic acids is 2. The molecule has 0 bridgehead atoms. The molecule has 1 aliphatic carbocycles. The van der Waals surface area contributed by atoms with Gasteiger partial charge >= 0.3 is 5.97 Å². The van der Waals surface area contributed by atoms with Gasteiger partial charge in [0, 0.05) is 12.4 Å². The third-order valence-electron chi connectivity index (χ3n) is 3.76. The van der Waals surface area contributed by atoms with Crippen LogP contribution in [0.25, 0.3) is 0 Å². The molecule has 6 nitrogen and oxygen atoms in total. The third-order valence-corrected chi connectivity index (χ3v) is 3.76. The van der Waals surface area contributed by atoms with Crippen LogP contribution in [0, 0.1) is 5.92 Å². The topological polar surface area (TPSA) is 107 Å². The van der Waals surface area contributed by atoms with Gasteiger partial charge in [-0.2, -0.15) is 0 Å². The molecule has 0 saturated heterocycles. The highest BCUT2D eigenvalue weighted by molar-refractivity contribution is 5.83. The number of carboxylic acid groups (broad SMARTS) is 2. The average Bonchev–Trinajstić information content (AvgIpc) is 2.87. The molecular formula is C14H22NO5-. The average molecular weight is 284 g/mol. The Morgan fingerprint density at radius 2 is 1.85 bits per heavy atom. The lowest BCUT2D eigenvalue weighted by atomic mass is 10.0. The summed E-state index contributed by atoms with van der Waals surface area (Å²) in [5.41, 5.74) is 0. The molecule has 6 heteroatoms. The van der Waals surface area contributed by atoms with Crippen molar-refractivity contribution in [1.82, 2.24) is 5.32 Å². The molecule has 0 aromatic heterocycles. The van der Waals surface area contributed by atoms with Crippen molar-refractivity contribution in [1.29, 1.82) is 0 Å². The minimum Gasteiger partial charge on any atom is -0.550 e. The smallest absolute Gasteiger partial charge is 0.326 e. The fraction of sp³-hybridized carbons (Fsp3) is 0.786. The summed E-state index contributed by atoms with van der Waals surface area (Å²) in [6.45, 7) is 0. The standard InChI is InChI=1S/C14H23NO5/c16-12(7-3-6-10-4-1-2-5-10)15-11(14(19)20)8-9-13(17)18/h10-11H,1-9H2,(H,15,16)(H,17,18)(H,19,20)/p-1/t11-/m0/s1. The number of carbonyl (C=O) groups is 3. The zero-order valence-corrected chi connectivity index (χ0v) is 11.6. The van der Waals surface area contributed by atoms with E-state index < -0.39 is 18.0 Å². The van der Waals surface area contributed by atoms with Crippen LogP contribution in [0.15, 0.2) is 0 Å². The van der Waals surface area contributed by atoms with Crippen molar-refractivity contribution in [3.63, 3.8) is 0 Å². The maximum atomic E-state index is 11.6. The minimum atomic E-state index is -1.31. The molecular weight excluding hydrogens is 262 g/mol. The SMILES string of the molecule is O=C([O-])CC[C@H](NC(=O)CCCC1CCCC1)C(=O)O. The van der Waals surface area contributed by atoms with Crippen LogP contribution >= 0.6 is 0 Å². The van der Waals surface area contributed by atoms with E-state index in [-0.39, 0.29) is 18.7 Å². The van der Waals surface area contributed by atoms with E-state index in [2.05, 4.69) is 5.32 Å². The monoisotopic (exact) mass is 284 g/mol.